The number of rotatable bonds is 5. The fraction of sp³-hybridized carbons (Fsp3) is 0.462. The molecule has 0 saturated heterocycles. The fourth-order valence-corrected chi connectivity index (χ4v) is 1.56. The Morgan fingerprint density at radius 2 is 2.12 bits per heavy atom. The Balaban J connectivity index is 2.87. The lowest BCUT2D eigenvalue weighted by atomic mass is 10.0. The highest BCUT2D eigenvalue weighted by atomic mass is 16.5. The zero-order valence-corrected chi connectivity index (χ0v) is 10.6. The zero-order valence-electron chi connectivity index (χ0n) is 10.6. The number of ether oxygens (including phenoxy) is 1. The highest BCUT2D eigenvalue weighted by Crippen LogP contribution is 2.26. The van der Waals surface area contributed by atoms with Crippen molar-refractivity contribution in [2.45, 2.75) is 32.4 Å². The van der Waals surface area contributed by atoms with Crippen molar-refractivity contribution in [3.8, 4) is 5.75 Å². The standard InChI is InChI=1S/C13H20N2O2/c1-4-11(14)10-7-5-6-8-12(10)17-9(2)13(16)15-3/h5-9,11H,4,14H2,1-3H3,(H,15,16)/t9?,11-/m0/s1. The van der Waals surface area contributed by atoms with Crippen molar-refractivity contribution in [2.24, 2.45) is 5.73 Å². The van der Waals surface area contributed by atoms with Crippen molar-refractivity contribution in [1.82, 2.24) is 5.32 Å². The van der Waals surface area contributed by atoms with Crippen molar-refractivity contribution in [3.05, 3.63) is 29.8 Å². The SMILES string of the molecule is CC[C@H](N)c1ccccc1OC(C)C(=O)NC. The van der Waals surface area contributed by atoms with Gasteiger partial charge in [-0.15, -0.1) is 0 Å². The molecular weight excluding hydrogens is 216 g/mol. The van der Waals surface area contributed by atoms with Crippen molar-refractivity contribution < 1.29 is 9.53 Å². The molecule has 3 N–H and O–H groups in total. The summed E-state index contributed by atoms with van der Waals surface area (Å²) in [4.78, 5) is 11.4. The number of carbonyl (C=O) groups excluding carboxylic acids is 1. The predicted molar refractivity (Wildman–Crippen MR) is 67.8 cm³/mol. The molecule has 4 nitrogen and oxygen atoms in total. The molecule has 0 aromatic heterocycles. The highest BCUT2D eigenvalue weighted by molar-refractivity contribution is 5.80. The van der Waals surface area contributed by atoms with Gasteiger partial charge in [0, 0.05) is 18.7 Å². The third-order valence-corrected chi connectivity index (χ3v) is 2.68. The van der Waals surface area contributed by atoms with Crippen molar-refractivity contribution in [3.63, 3.8) is 0 Å². The summed E-state index contributed by atoms with van der Waals surface area (Å²) in [6.07, 6.45) is 0.305. The summed E-state index contributed by atoms with van der Waals surface area (Å²) in [7, 11) is 1.59. The smallest absolute Gasteiger partial charge is 0.260 e. The van der Waals surface area contributed by atoms with E-state index in [1.807, 2.05) is 31.2 Å². The van der Waals surface area contributed by atoms with Gasteiger partial charge in [-0.3, -0.25) is 4.79 Å². The van der Waals surface area contributed by atoms with Crippen LogP contribution in [0.2, 0.25) is 0 Å². The van der Waals surface area contributed by atoms with Gasteiger partial charge in [0.05, 0.1) is 0 Å². The van der Waals surface area contributed by atoms with Gasteiger partial charge in [0.1, 0.15) is 5.75 Å². The fourth-order valence-electron chi connectivity index (χ4n) is 1.56. The second-order valence-electron chi connectivity index (χ2n) is 3.93. The minimum absolute atomic E-state index is 0.0666. The Kier molecular flexibility index (Phi) is 4.97. The quantitative estimate of drug-likeness (QED) is 0.816. The van der Waals surface area contributed by atoms with Gasteiger partial charge in [-0.05, 0) is 19.4 Å². The van der Waals surface area contributed by atoms with Crippen LogP contribution in [0.15, 0.2) is 24.3 Å². The van der Waals surface area contributed by atoms with Gasteiger partial charge in [0.25, 0.3) is 5.91 Å². The molecule has 0 fully saturated rings. The van der Waals surface area contributed by atoms with E-state index in [1.165, 1.54) is 0 Å². The summed E-state index contributed by atoms with van der Waals surface area (Å²) in [6.45, 7) is 3.73. The molecule has 1 aromatic rings. The average molecular weight is 236 g/mol. The Morgan fingerprint density at radius 1 is 1.47 bits per heavy atom. The maximum absolute atomic E-state index is 11.4. The number of hydrogen-bond acceptors (Lipinski definition) is 3. The second-order valence-corrected chi connectivity index (χ2v) is 3.93. The molecule has 0 aliphatic heterocycles. The lowest BCUT2D eigenvalue weighted by Crippen LogP contribution is -2.34. The molecule has 17 heavy (non-hydrogen) atoms. The van der Waals surface area contributed by atoms with Gasteiger partial charge in [0.2, 0.25) is 0 Å². The minimum Gasteiger partial charge on any atom is -0.481 e. The number of benzene rings is 1. The van der Waals surface area contributed by atoms with Crippen LogP contribution in [0.25, 0.3) is 0 Å². The highest BCUT2D eigenvalue weighted by Gasteiger charge is 2.16. The maximum Gasteiger partial charge on any atom is 0.260 e. The van der Waals surface area contributed by atoms with Crippen LogP contribution in [0.5, 0.6) is 5.75 Å². The Hall–Kier alpha value is -1.55. The van der Waals surface area contributed by atoms with E-state index in [2.05, 4.69) is 5.32 Å². The average Bonchev–Trinajstić information content (AvgIpc) is 2.37. The van der Waals surface area contributed by atoms with E-state index in [-0.39, 0.29) is 11.9 Å². The van der Waals surface area contributed by atoms with E-state index in [9.17, 15) is 4.79 Å². The van der Waals surface area contributed by atoms with E-state index in [4.69, 9.17) is 10.5 Å². The number of amides is 1. The lowest BCUT2D eigenvalue weighted by molar-refractivity contribution is -0.126. The molecule has 1 unspecified atom stereocenters. The van der Waals surface area contributed by atoms with Crippen LogP contribution >= 0.6 is 0 Å². The molecule has 0 radical (unpaired) electrons. The normalized spacial score (nSPS) is 13.9. The number of nitrogens with one attached hydrogen (secondary N) is 1. The van der Waals surface area contributed by atoms with Crippen LogP contribution in [0.4, 0.5) is 0 Å². The molecule has 0 bridgehead atoms. The van der Waals surface area contributed by atoms with Crippen LogP contribution in [0, 0.1) is 0 Å². The number of hydrogen-bond donors (Lipinski definition) is 2. The summed E-state index contributed by atoms with van der Waals surface area (Å²) in [6, 6.07) is 7.49. The zero-order chi connectivity index (χ0) is 12.8. The molecule has 0 aliphatic rings. The Labute approximate surface area is 102 Å². The summed E-state index contributed by atoms with van der Waals surface area (Å²) in [5.41, 5.74) is 6.93. The topological polar surface area (TPSA) is 64.3 Å². The predicted octanol–water partition coefficient (Wildman–Crippen LogP) is 1.61. The van der Waals surface area contributed by atoms with E-state index in [0.717, 1.165) is 12.0 Å². The molecule has 1 rings (SSSR count). The minimum atomic E-state index is -0.523. The van der Waals surface area contributed by atoms with Crippen LogP contribution < -0.4 is 15.8 Å². The lowest BCUT2D eigenvalue weighted by Gasteiger charge is -2.18. The van der Waals surface area contributed by atoms with Gasteiger partial charge in [-0.25, -0.2) is 0 Å². The Bertz CT molecular complexity index is 379. The van der Waals surface area contributed by atoms with Gasteiger partial charge in [0.15, 0.2) is 6.10 Å². The Morgan fingerprint density at radius 3 is 2.71 bits per heavy atom. The maximum atomic E-state index is 11.4. The third kappa shape index (κ3) is 3.46. The molecule has 1 amide bonds. The first-order valence-electron chi connectivity index (χ1n) is 5.82. The van der Waals surface area contributed by atoms with Crippen molar-refractivity contribution >= 4 is 5.91 Å². The van der Waals surface area contributed by atoms with E-state index < -0.39 is 6.10 Å². The first-order valence-corrected chi connectivity index (χ1v) is 5.82. The molecule has 94 valence electrons. The van der Waals surface area contributed by atoms with Gasteiger partial charge >= 0.3 is 0 Å². The van der Waals surface area contributed by atoms with E-state index >= 15 is 0 Å². The molecule has 2 atom stereocenters. The van der Waals surface area contributed by atoms with Crippen LogP contribution in [0.1, 0.15) is 31.9 Å². The van der Waals surface area contributed by atoms with Crippen molar-refractivity contribution in [1.29, 1.82) is 0 Å². The summed E-state index contributed by atoms with van der Waals surface area (Å²) in [5, 5.41) is 2.55. The van der Waals surface area contributed by atoms with Crippen LogP contribution in [-0.2, 0) is 4.79 Å². The summed E-state index contributed by atoms with van der Waals surface area (Å²) < 4.78 is 5.63. The molecule has 4 heteroatoms. The largest absolute Gasteiger partial charge is 0.481 e. The van der Waals surface area contributed by atoms with E-state index in [1.54, 1.807) is 14.0 Å². The van der Waals surface area contributed by atoms with E-state index in [0.29, 0.717) is 5.75 Å². The molecule has 0 heterocycles. The number of nitrogens with two attached hydrogens (primary N) is 1. The molecule has 0 spiro atoms. The number of carbonyl (C=O) groups is 1. The van der Waals surface area contributed by atoms with Gasteiger partial charge in [-0.2, -0.15) is 0 Å². The third-order valence-electron chi connectivity index (χ3n) is 2.68. The number of para-hydroxylation sites is 1. The molecule has 0 aliphatic carbocycles. The van der Waals surface area contributed by atoms with Gasteiger partial charge < -0.3 is 15.8 Å². The monoisotopic (exact) mass is 236 g/mol. The summed E-state index contributed by atoms with van der Waals surface area (Å²) >= 11 is 0. The molecular formula is C13H20N2O2. The first kappa shape index (κ1) is 13.5. The first-order chi connectivity index (χ1) is 8.10. The second kappa shape index (κ2) is 6.25. The van der Waals surface area contributed by atoms with Crippen molar-refractivity contribution in [2.75, 3.05) is 7.05 Å². The molecule has 1 aromatic carbocycles. The van der Waals surface area contributed by atoms with Crippen LogP contribution in [-0.4, -0.2) is 19.1 Å². The van der Waals surface area contributed by atoms with Crippen LogP contribution in [0.3, 0.4) is 0 Å². The number of likely N-dealkylation sites (N-methyl/N-ethyl adjacent to an activating group) is 1. The summed E-state index contributed by atoms with van der Waals surface area (Å²) in [5.74, 6) is 0.530. The molecule has 0 saturated carbocycles. The van der Waals surface area contributed by atoms with Gasteiger partial charge in [-0.1, -0.05) is 25.1 Å².